The Kier molecular flexibility index (Phi) is 5.13. The number of rotatable bonds is 5. The molecule has 0 unspecified atom stereocenters. The molecule has 0 atom stereocenters. The van der Waals surface area contributed by atoms with Crippen molar-refractivity contribution in [1.82, 2.24) is 0 Å². The molecular weight excluding hydrogens is 358 g/mol. The first-order valence-electron chi connectivity index (χ1n) is 7.77. The maximum Gasteiger partial charge on any atom is 0.351 e. The number of benzene rings is 2. The maximum atomic E-state index is 12.7. The minimum atomic E-state index is -4.03. The maximum absolute atomic E-state index is 12.7. The van der Waals surface area contributed by atoms with Crippen LogP contribution < -0.4 is 14.8 Å². The van der Waals surface area contributed by atoms with Crippen molar-refractivity contribution in [1.29, 1.82) is 0 Å². The van der Waals surface area contributed by atoms with E-state index in [-0.39, 0.29) is 4.90 Å². The third-order valence-electron chi connectivity index (χ3n) is 3.64. The number of hydrogen-bond donors (Lipinski definition) is 1. The van der Waals surface area contributed by atoms with Crippen LogP contribution in [0, 0.1) is 0 Å². The van der Waals surface area contributed by atoms with Crippen LogP contribution >= 0.6 is 0 Å². The molecule has 0 aromatic heterocycles. The molecule has 2 aromatic rings. The van der Waals surface area contributed by atoms with Crippen molar-refractivity contribution < 1.29 is 27.4 Å². The van der Waals surface area contributed by atoms with E-state index in [9.17, 15) is 13.2 Å². The Morgan fingerprint density at radius 3 is 2.46 bits per heavy atom. The van der Waals surface area contributed by atoms with Crippen molar-refractivity contribution in [3.8, 4) is 11.5 Å². The standard InChI is InChI=1S/C18H17NO6S/c1-23-18(20)17(26(21,22)14-5-3-2-4-6-14)12-19-13-7-8-15-16(11-13)25-10-9-24-15/h2-8,11-12,19H,9-10H2,1H3/b17-12-. The van der Waals surface area contributed by atoms with Gasteiger partial charge in [0.15, 0.2) is 16.4 Å². The number of anilines is 1. The average molecular weight is 375 g/mol. The third kappa shape index (κ3) is 3.65. The molecular formula is C18H17NO6S. The van der Waals surface area contributed by atoms with E-state index < -0.39 is 20.7 Å². The fourth-order valence-electron chi connectivity index (χ4n) is 2.36. The summed E-state index contributed by atoms with van der Waals surface area (Å²) in [6.07, 6.45) is 1.11. The van der Waals surface area contributed by atoms with Crippen LogP contribution in [0.4, 0.5) is 5.69 Å². The quantitative estimate of drug-likeness (QED) is 0.634. The SMILES string of the molecule is COC(=O)/C(=C/Nc1ccc2c(c1)OCCO2)S(=O)(=O)c1ccccc1. The van der Waals surface area contributed by atoms with E-state index in [0.29, 0.717) is 30.4 Å². The number of esters is 1. The van der Waals surface area contributed by atoms with Crippen LogP contribution in [0.3, 0.4) is 0 Å². The first-order chi connectivity index (χ1) is 12.5. The van der Waals surface area contributed by atoms with Crippen molar-refractivity contribution in [2.45, 2.75) is 4.90 Å². The van der Waals surface area contributed by atoms with E-state index in [0.717, 1.165) is 13.3 Å². The summed E-state index contributed by atoms with van der Waals surface area (Å²) in [6, 6.07) is 12.7. The van der Waals surface area contributed by atoms with E-state index in [1.807, 2.05) is 0 Å². The monoisotopic (exact) mass is 375 g/mol. The summed E-state index contributed by atoms with van der Waals surface area (Å²) in [5, 5.41) is 2.81. The molecule has 0 bridgehead atoms. The molecule has 8 heteroatoms. The normalized spacial score (nSPS) is 13.8. The summed E-state index contributed by atoms with van der Waals surface area (Å²) >= 11 is 0. The van der Waals surface area contributed by atoms with Crippen molar-refractivity contribution in [2.75, 3.05) is 25.6 Å². The van der Waals surface area contributed by atoms with Crippen LogP contribution in [0.2, 0.25) is 0 Å². The first-order valence-corrected chi connectivity index (χ1v) is 9.25. The molecule has 0 saturated heterocycles. The van der Waals surface area contributed by atoms with Gasteiger partial charge in [0.1, 0.15) is 13.2 Å². The Bertz CT molecular complexity index is 937. The minimum absolute atomic E-state index is 0.000578. The summed E-state index contributed by atoms with van der Waals surface area (Å²) in [4.78, 5) is 11.5. The van der Waals surface area contributed by atoms with Gasteiger partial charge in [-0.05, 0) is 24.3 Å². The smallest absolute Gasteiger partial charge is 0.351 e. The summed E-state index contributed by atoms with van der Waals surface area (Å²) < 4.78 is 41.0. The van der Waals surface area contributed by atoms with E-state index >= 15 is 0 Å². The molecule has 3 rings (SSSR count). The molecule has 0 aliphatic carbocycles. The molecule has 7 nitrogen and oxygen atoms in total. The fraction of sp³-hybridized carbons (Fsp3) is 0.167. The summed E-state index contributed by atoms with van der Waals surface area (Å²) in [7, 11) is -2.91. The average Bonchev–Trinajstić information content (AvgIpc) is 2.68. The lowest BCUT2D eigenvalue weighted by atomic mass is 10.2. The van der Waals surface area contributed by atoms with Gasteiger partial charge in [-0.25, -0.2) is 13.2 Å². The van der Waals surface area contributed by atoms with Crippen LogP contribution in [-0.4, -0.2) is 34.7 Å². The van der Waals surface area contributed by atoms with E-state index in [1.165, 1.54) is 12.1 Å². The number of carbonyl (C=O) groups is 1. The molecule has 1 heterocycles. The zero-order chi connectivity index (χ0) is 18.6. The highest BCUT2D eigenvalue weighted by Crippen LogP contribution is 2.32. The Hall–Kier alpha value is -3.00. The molecule has 136 valence electrons. The zero-order valence-electron chi connectivity index (χ0n) is 14.0. The van der Waals surface area contributed by atoms with Crippen molar-refractivity contribution in [3.05, 3.63) is 59.6 Å². The van der Waals surface area contributed by atoms with Gasteiger partial charge in [0.05, 0.1) is 12.0 Å². The van der Waals surface area contributed by atoms with Gasteiger partial charge in [0.2, 0.25) is 9.84 Å². The van der Waals surface area contributed by atoms with E-state index in [1.54, 1.807) is 36.4 Å². The van der Waals surface area contributed by atoms with Crippen LogP contribution in [0.25, 0.3) is 0 Å². The third-order valence-corrected chi connectivity index (χ3v) is 5.40. The highest BCUT2D eigenvalue weighted by molar-refractivity contribution is 7.96. The molecule has 0 spiro atoms. The highest BCUT2D eigenvalue weighted by Gasteiger charge is 2.28. The van der Waals surface area contributed by atoms with Gasteiger partial charge in [0.25, 0.3) is 0 Å². The largest absolute Gasteiger partial charge is 0.486 e. The van der Waals surface area contributed by atoms with Gasteiger partial charge < -0.3 is 19.5 Å². The lowest BCUT2D eigenvalue weighted by Crippen LogP contribution is -2.17. The van der Waals surface area contributed by atoms with Crippen molar-refractivity contribution in [2.24, 2.45) is 0 Å². The summed E-state index contributed by atoms with van der Waals surface area (Å²) in [6.45, 7) is 0.906. The number of carbonyl (C=O) groups excluding carboxylic acids is 1. The Morgan fingerprint density at radius 2 is 1.77 bits per heavy atom. The predicted molar refractivity (Wildman–Crippen MR) is 94.8 cm³/mol. The number of methoxy groups -OCH3 is 1. The molecule has 0 fully saturated rings. The molecule has 1 N–H and O–H groups in total. The second-order valence-corrected chi connectivity index (χ2v) is 7.24. The molecule has 1 aliphatic heterocycles. The lowest BCUT2D eigenvalue weighted by molar-refractivity contribution is -0.135. The number of nitrogens with one attached hydrogen (secondary N) is 1. The van der Waals surface area contributed by atoms with Crippen molar-refractivity contribution in [3.63, 3.8) is 0 Å². The molecule has 0 amide bonds. The van der Waals surface area contributed by atoms with Gasteiger partial charge in [0, 0.05) is 18.0 Å². The molecule has 0 radical (unpaired) electrons. The van der Waals surface area contributed by atoms with E-state index in [4.69, 9.17) is 9.47 Å². The zero-order valence-corrected chi connectivity index (χ0v) is 14.8. The van der Waals surface area contributed by atoms with E-state index in [2.05, 4.69) is 10.1 Å². The predicted octanol–water partition coefficient (Wildman–Crippen LogP) is 2.36. The second-order valence-electron chi connectivity index (χ2n) is 5.32. The van der Waals surface area contributed by atoms with Crippen LogP contribution in [0.1, 0.15) is 0 Å². The summed E-state index contributed by atoms with van der Waals surface area (Å²) in [5.41, 5.74) is 0.541. The Labute approximate surface area is 151 Å². The topological polar surface area (TPSA) is 90.9 Å². The Morgan fingerprint density at radius 1 is 1.08 bits per heavy atom. The number of hydrogen-bond acceptors (Lipinski definition) is 7. The first kappa shape index (κ1) is 17.8. The molecule has 2 aromatic carbocycles. The summed E-state index contributed by atoms with van der Waals surface area (Å²) in [5.74, 6) is 0.190. The highest BCUT2D eigenvalue weighted by atomic mass is 32.2. The number of fused-ring (bicyclic) bond motifs is 1. The lowest BCUT2D eigenvalue weighted by Gasteiger charge is -2.18. The van der Waals surface area contributed by atoms with Crippen LogP contribution in [-0.2, 0) is 19.4 Å². The second kappa shape index (κ2) is 7.49. The molecule has 0 saturated carbocycles. The van der Waals surface area contributed by atoms with Gasteiger partial charge in [-0.2, -0.15) is 0 Å². The van der Waals surface area contributed by atoms with Gasteiger partial charge in [-0.15, -0.1) is 0 Å². The van der Waals surface area contributed by atoms with Gasteiger partial charge in [-0.3, -0.25) is 0 Å². The minimum Gasteiger partial charge on any atom is -0.486 e. The van der Waals surface area contributed by atoms with Crippen LogP contribution in [0.5, 0.6) is 11.5 Å². The van der Waals surface area contributed by atoms with Gasteiger partial charge >= 0.3 is 5.97 Å². The van der Waals surface area contributed by atoms with Crippen molar-refractivity contribution >= 4 is 21.5 Å². The molecule has 1 aliphatic rings. The Balaban J connectivity index is 1.92. The number of sulfone groups is 1. The van der Waals surface area contributed by atoms with Gasteiger partial charge in [-0.1, -0.05) is 18.2 Å². The van der Waals surface area contributed by atoms with Crippen LogP contribution in [0.15, 0.2) is 64.5 Å². The molecule has 26 heavy (non-hydrogen) atoms. The number of ether oxygens (including phenoxy) is 3. The fourth-order valence-corrected chi connectivity index (χ4v) is 3.64.